The van der Waals surface area contributed by atoms with Crippen LogP contribution in [0.1, 0.15) is 12.0 Å². The number of halogens is 1. The van der Waals surface area contributed by atoms with Gasteiger partial charge < -0.3 is 10.0 Å². The molecule has 0 amide bonds. The van der Waals surface area contributed by atoms with Crippen LogP contribution >= 0.6 is 0 Å². The van der Waals surface area contributed by atoms with Gasteiger partial charge in [-0.1, -0.05) is 6.07 Å². The van der Waals surface area contributed by atoms with Gasteiger partial charge in [0.1, 0.15) is 5.82 Å². The summed E-state index contributed by atoms with van der Waals surface area (Å²) in [6, 6.07) is 3.74. The molecule has 2 atom stereocenters. The van der Waals surface area contributed by atoms with Crippen molar-refractivity contribution in [1.29, 1.82) is 0 Å². The standard InChI is InChI=1S/C15H23FN2O3S/c1-11-4-5-13(16)8-15(11)22(20,21)18-7-6-12(9-17(2)3)14(19)10-18/h4-5,8,12,14,19H,6-7,9-10H2,1-3H3/t12-,14+/m0/s1. The van der Waals surface area contributed by atoms with E-state index in [0.29, 0.717) is 25.1 Å². The molecule has 0 spiro atoms. The summed E-state index contributed by atoms with van der Waals surface area (Å²) in [6.45, 7) is 2.75. The molecule has 5 nitrogen and oxygen atoms in total. The summed E-state index contributed by atoms with van der Waals surface area (Å²) in [7, 11) is 0.0648. The van der Waals surface area contributed by atoms with Crippen LogP contribution in [0, 0.1) is 18.7 Å². The number of hydrogen-bond donors (Lipinski definition) is 1. The van der Waals surface area contributed by atoms with Crippen LogP contribution in [-0.4, -0.2) is 62.6 Å². The number of aliphatic hydroxyl groups excluding tert-OH is 1. The Bertz CT molecular complexity index is 634. The van der Waals surface area contributed by atoms with E-state index >= 15 is 0 Å². The van der Waals surface area contributed by atoms with Gasteiger partial charge in [0, 0.05) is 25.6 Å². The summed E-state index contributed by atoms with van der Waals surface area (Å²) >= 11 is 0. The van der Waals surface area contributed by atoms with Gasteiger partial charge in [-0.2, -0.15) is 4.31 Å². The lowest BCUT2D eigenvalue weighted by Gasteiger charge is -2.36. The molecule has 124 valence electrons. The van der Waals surface area contributed by atoms with Gasteiger partial charge in [0.15, 0.2) is 0 Å². The van der Waals surface area contributed by atoms with E-state index in [2.05, 4.69) is 0 Å². The maximum absolute atomic E-state index is 13.4. The van der Waals surface area contributed by atoms with Crippen LogP contribution < -0.4 is 0 Å². The number of β-amino-alcohol motifs (C(OH)–C–C–N with tert-alkyl or cyclic N) is 1. The van der Waals surface area contributed by atoms with E-state index in [9.17, 15) is 17.9 Å². The molecule has 2 rings (SSSR count). The highest BCUT2D eigenvalue weighted by molar-refractivity contribution is 7.89. The van der Waals surface area contributed by atoms with Crippen molar-refractivity contribution in [3.8, 4) is 0 Å². The zero-order valence-electron chi connectivity index (χ0n) is 13.2. The number of nitrogens with zero attached hydrogens (tertiary/aromatic N) is 2. The van der Waals surface area contributed by atoms with Crippen LogP contribution in [0.2, 0.25) is 0 Å². The Morgan fingerprint density at radius 1 is 1.41 bits per heavy atom. The topological polar surface area (TPSA) is 60.9 Å². The second-order valence-electron chi connectivity index (χ2n) is 6.15. The Morgan fingerprint density at radius 2 is 2.09 bits per heavy atom. The molecule has 22 heavy (non-hydrogen) atoms. The molecule has 1 heterocycles. The lowest BCUT2D eigenvalue weighted by atomic mass is 9.95. The molecule has 1 N–H and O–H groups in total. The smallest absolute Gasteiger partial charge is 0.243 e. The molecule has 1 aromatic rings. The highest BCUT2D eigenvalue weighted by Crippen LogP contribution is 2.26. The average Bonchev–Trinajstić information content (AvgIpc) is 2.43. The predicted octanol–water partition coefficient (Wildman–Crippen LogP) is 1.07. The minimum atomic E-state index is -3.78. The molecular formula is C15H23FN2O3S. The molecule has 1 fully saturated rings. The van der Waals surface area contributed by atoms with Crippen molar-refractivity contribution in [3.05, 3.63) is 29.6 Å². The number of hydrogen-bond acceptors (Lipinski definition) is 4. The van der Waals surface area contributed by atoms with Crippen LogP contribution in [0.25, 0.3) is 0 Å². The second-order valence-corrected chi connectivity index (χ2v) is 8.06. The SMILES string of the molecule is Cc1ccc(F)cc1S(=O)(=O)N1CC[C@@H](CN(C)C)[C@H](O)C1. The first-order valence-corrected chi connectivity index (χ1v) is 8.75. The van der Waals surface area contributed by atoms with Crippen molar-refractivity contribution >= 4 is 10.0 Å². The lowest BCUT2D eigenvalue weighted by Crippen LogP contribution is -2.48. The van der Waals surface area contributed by atoms with E-state index in [1.807, 2.05) is 19.0 Å². The summed E-state index contributed by atoms with van der Waals surface area (Å²) in [4.78, 5) is 1.96. The lowest BCUT2D eigenvalue weighted by molar-refractivity contribution is 0.0394. The highest BCUT2D eigenvalue weighted by Gasteiger charge is 2.35. The van der Waals surface area contributed by atoms with E-state index in [1.54, 1.807) is 6.92 Å². The fraction of sp³-hybridized carbons (Fsp3) is 0.600. The number of rotatable bonds is 4. The van der Waals surface area contributed by atoms with E-state index in [1.165, 1.54) is 16.4 Å². The zero-order chi connectivity index (χ0) is 16.5. The van der Waals surface area contributed by atoms with Crippen LogP contribution in [-0.2, 0) is 10.0 Å². The molecule has 0 aliphatic carbocycles. The Labute approximate surface area is 131 Å². The minimum absolute atomic E-state index is 0.0224. The van der Waals surface area contributed by atoms with Gasteiger partial charge in [-0.25, -0.2) is 12.8 Å². The highest BCUT2D eigenvalue weighted by atomic mass is 32.2. The van der Waals surface area contributed by atoms with Crippen LogP contribution in [0.3, 0.4) is 0 Å². The third-order valence-corrected chi connectivity index (χ3v) is 6.06. The van der Waals surface area contributed by atoms with Gasteiger partial charge in [0.25, 0.3) is 0 Å². The Kier molecular flexibility index (Phi) is 5.21. The third kappa shape index (κ3) is 3.65. The molecule has 1 saturated heterocycles. The minimum Gasteiger partial charge on any atom is -0.391 e. The van der Waals surface area contributed by atoms with Crippen molar-refractivity contribution in [3.63, 3.8) is 0 Å². The first-order valence-electron chi connectivity index (χ1n) is 7.31. The number of benzene rings is 1. The van der Waals surface area contributed by atoms with Gasteiger partial charge in [-0.15, -0.1) is 0 Å². The van der Waals surface area contributed by atoms with Gasteiger partial charge >= 0.3 is 0 Å². The van der Waals surface area contributed by atoms with Crippen LogP contribution in [0.5, 0.6) is 0 Å². The fourth-order valence-corrected chi connectivity index (χ4v) is 4.55. The van der Waals surface area contributed by atoms with Crippen molar-refractivity contribution in [2.45, 2.75) is 24.3 Å². The number of sulfonamides is 1. The molecule has 0 unspecified atom stereocenters. The Hall–Kier alpha value is -1.02. The molecular weight excluding hydrogens is 307 g/mol. The summed E-state index contributed by atoms with van der Waals surface area (Å²) in [6.07, 6.45) is -0.118. The van der Waals surface area contributed by atoms with Crippen LogP contribution in [0.4, 0.5) is 4.39 Å². The van der Waals surface area contributed by atoms with Crippen molar-refractivity contribution < 1.29 is 17.9 Å². The first-order chi connectivity index (χ1) is 10.2. The summed E-state index contributed by atoms with van der Waals surface area (Å²) < 4.78 is 40.0. The number of aryl methyl sites for hydroxylation is 1. The maximum Gasteiger partial charge on any atom is 0.243 e. The maximum atomic E-state index is 13.4. The molecule has 7 heteroatoms. The van der Waals surface area contributed by atoms with E-state index in [0.717, 1.165) is 6.07 Å². The monoisotopic (exact) mass is 330 g/mol. The fourth-order valence-electron chi connectivity index (χ4n) is 2.84. The average molecular weight is 330 g/mol. The number of aliphatic hydroxyl groups is 1. The van der Waals surface area contributed by atoms with Crippen LogP contribution in [0.15, 0.2) is 23.1 Å². The van der Waals surface area contributed by atoms with E-state index in [-0.39, 0.29) is 17.4 Å². The Balaban J connectivity index is 2.20. The largest absolute Gasteiger partial charge is 0.391 e. The van der Waals surface area contributed by atoms with Gasteiger partial charge in [0.05, 0.1) is 11.0 Å². The molecule has 0 saturated carbocycles. The van der Waals surface area contributed by atoms with Crippen molar-refractivity contribution in [2.75, 3.05) is 33.7 Å². The Morgan fingerprint density at radius 3 is 2.68 bits per heavy atom. The molecule has 0 bridgehead atoms. The van der Waals surface area contributed by atoms with Gasteiger partial charge in [-0.05, 0) is 45.1 Å². The van der Waals surface area contributed by atoms with E-state index < -0.39 is 21.9 Å². The molecule has 0 aromatic heterocycles. The normalized spacial score (nSPS) is 23.9. The molecule has 1 aliphatic rings. The van der Waals surface area contributed by atoms with Crippen molar-refractivity contribution in [1.82, 2.24) is 9.21 Å². The summed E-state index contributed by atoms with van der Waals surface area (Å²) in [5.41, 5.74) is 0.506. The second kappa shape index (κ2) is 6.62. The third-order valence-electron chi connectivity index (χ3n) is 4.05. The van der Waals surface area contributed by atoms with Gasteiger partial charge in [-0.3, -0.25) is 0 Å². The van der Waals surface area contributed by atoms with E-state index in [4.69, 9.17) is 0 Å². The van der Waals surface area contributed by atoms with Gasteiger partial charge in [0.2, 0.25) is 10.0 Å². The zero-order valence-corrected chi connectivity index (χ0v) is 14.0. The molecule has 0 radical (unpaired) electrons. The first kappa shape index (κ1) is 17.3. The quantitative estimate of drug-likeness (QED) is 0.897. The number of piperidine rings is 1. The predicted molar refractivity (Wildman–Crippen MR) is 82.6 cm³/mol. The summed E-state index contributed by atoms with van der Waals surface area (Å²) in [5.74, 6) is -0.526. The summed E-state index contributed by atoms with van der Waals surface area (Å²) in [5, 5.41) is 10.2. The van der Waals surface area contributed by atoms with Crippen molar-refractivity contribution in [2.24, 2.45) is 5.92 Å². The molecule has 1 aliphatic heterocycles. The molecule has 1 aromatic carbocycles.